The first kappa shape index (κ1) is 22.1. The Kier molecular flexibility index (Phi) is 6.93. The van der Waals surface area contributed by atoms with Crippen molar-refractivity contribution in [2.45, 2.75) is 24.9 Å². The Morgan fingerprint density at radius 1 is 0.969 bits per heavy atom. The number of nitrogens with one attached hydrogen (secondary N) is 3. The van der Waals surface area contributed by atoms with Crippen molar-refractivity contribution in [1.29, 1.82) is 0 Å². The number of anilines is 2. The number of hydrogen-bond acceptors (Lipinski definition) is 8. The molecule has 2 aliphatic rings. The molecule has 10 nitrogen and oxygen atoms in total. The Labute approximate surface area is 187 Å². The van der Waals surface area contributed by atoms with Gasteiger partial charge in [0.15, 0.2) is 0 Å². The van der Waals surface area contributed by atoms with Crippen LogP contribution in [0.15, 0.2) is 49.1 Å². The fraction of sp³-hybridized carbons (Fsp3) is 0.455. The molecule has 2 aromatic heterocycles. The van der Waals surface area contributed by atoms with Gasteiger partial charge in [-0.2, -0.15) is 4.59 Å². The third-order valence-electron chi connectivity index (χ3n) is 6.16. The molecule has 32 heavy (non-hydrogen) atoms. The molecule has 2 saturated heterocycles. The fourth-order valence-corrected chi connectivity index (χ4v) is 4.37. The molecule has 4 heterocycles. The number of likely N-dealkylation sites (tertiary alicyclic amines) is 2. The lowest BCUT2D eigenvalue weighted by Crippen LogP contribution is -2.66. The van der Waals surface area contributed by atoms with Crippen LogP contribution in [-0.4, -0.2) is 82.6 Å². The number of pyridine rings is 2. The van der Waals surface area contributed by atoms with Crippen LogP contribution in [0, 0.1) is 0 Å². The Morgan fingerprint density at radius 2 is 1.59 bits per heavy atom. The first-order chi connectivity index (χ1) is 15.6. The van der Waals surface area contributed by atoms with E-state index >= 15 is 0 Å². The molecule has 0 bridgehead atoms. The van der Waals surface area contributed by atoms with Crippen molar-refractivity contribution in [1.82, 2.24) is 20.3 Å². The van der Waals surface area contributed by atoms with Crippen molar-refractivity contribution < 1.29 is 14.2 Å². The van der Waals surface area contributed by atoms with Gasteiger partial charge in [-0.25, -0.2) is 4.79 Å². The highest BCUT2D eigenvalue weighted by atomic mass is 16.2. The van der Waals surface area contributed by atoms with Gasteiger partial charge in [-0.1, -0.05) is 0 Å². The molecule has 4 rings (SSSR count). The smallest absolute Gasteiger partial charge is 0.349 e. The highest BCUT2D eigenvalue weighted by Gasteiger charge is 2.50. The predicted molar refractivity (Wildman–Crippen MR) is 121 cm³/mol. The Morgan fingerprint density at radius 3 is 2.19 bits per heavy atom. The van der Waals surface area contributed by atoms with Crippen molar-refractivity contribution in [3.8, 4) is 0 Å². The van der Waals surface area contributed by atoms with Crippen LogP contribution in [0.2, 0.25) is 0 Å². The van der Waals surface area contributed by atoms with E-state index in [0.29, 0.717) is 52.1 Å². The maximum atomic E-state index is 13.0. The Balaban J connectivity index is 1.32. The molecular formula is C22H31N8O2+. The van der Waals surface area contributed by atoms with Crippen molar-refractivity contribution in [2.24, 2.45) is 5.73 Å². The molecule has 0 aliphatic carbocycles. The minimum Gasteiger partial charge on any atom is -0.383 e. The van der Waals surface area contributed by atoms with Gasteiger partial charge in [0.2, 0.25) is 5.91 Å². The second-order valence-corrected chi connectivity index (χ2v) is 8.27. The maximum Gasteiger partial charge on any atom is 0.349 e. The normalized spacial score (nSPS) is 25.3. The zero-order chi connectivity index (χ0) is 22.4. The second kappa shape index (κ2) is 10.0. The van der Waals surface area contributed by atoms with E-state index in [2.05, 4.69) is 26.0 Å². The fourth-order valence-electron chi connectivity index (χ4n) is 4.37. The van der Waals surface area contributed by atoms with Crippen LogP contribution in [-0.2, 0) is 9.59 Å². The maximum absolute atomic E-state index is 13.0. The standard InChI is InChI=1S/C22H31N8O2/c23-19-6-15-30(22(19)32,16-12-27-18-3-9-25-10-4-18)28-20-5-13-29(21(20)31)14-11-26-17-1-7-24-8-2-17/h1-4,7-10,19-20,28H,5-6,11-16,23H2,(H,24,26)(H,25,27)/q+1/t19?,20-,30-/m0/s1. The molecule has 10 heteroatoms. The first-order valence-corrected chi connectivity index (χ1v) is 11.1. The van der Waals surface area contributed by atoms with Gasteiger partial charge in [-0.05, 0) is 30.7 Å². The summed E-state index contributed by atoms with van der Waals surface area (Å²) in [6, 6.07) is 6.67. The molecule has 2 aliphatic heterocycles. The summed E-state index contributed by atoms with van der Waals surface area (Å²) < 4.78 is 0.0404. The molecule has 0 saturated carbocycles. The number of nitrogens with zero attached hydrogens (tertiary/aromatic N) is 4. The van der Waals surface area contributed by atoms with Gasteiger partial charge in [-0.15, -0.1) is 5.43 Å². The molecular weight excluding hydrogens is 408 g/mol. The average Bonchev–Trinajstić information content (AvgIpc) is 3.30. The van der Waals surface area contributed by atoms with Crippen LogP contribution in [0.25, 0.3) is 0 Å². The Bertz CT molecular complexity index is 913. The summed E-state index contributed by atoms with van der Waals surface area (Å²) in [5, 5.41) is 6.63. The predicted octanol–water partition coefficient (Wildman–Crippen LogP) is 0.181. The SMILES string of the molecule is NC1CC[N@@+](CCNc2ccncc2)(N[C@H]2CCN(CCNc3ccncc3)C2=O)C1=O. The molecule has 0 radical (unpaired) electrons. The van der Waals surface area contributed by atoms with E-state index in [1.54, 1.807) is 24.8 Å². The van der Waals surface area contributed by atoms with E-state index < -0.39 is 6.04 Å². The molecule has 0 aromatic carbocycles. The quantitative estimate of drug-likeness (QED) is 0.387. The lowest BCUT2D eigenvalue weighted by molar-refractivity contribution is -0.891. The number of quaternary nitrogens is 1. The number of hydrogen-bond donors (Lipinski definition) is 4. The summed E-state index contributed by atoms with van der Waals surface area (Å²) in [4.78, 5) is 35.9. The van der Waals surface area contributed by atoms with Crippen molar-refractivity contribution in [3.63, 3.8) is 0 Å². The summed E-state index contributed by atoms with van der Waals surface area (Å²) in [6.45, 7) is 3.62. The van der Waals surface area contributed by atoms with Crippen LogP contribution >= 0.6 is 0 Å². The second-order valence-electron chi connectivity index (χ2n) is 8.27. The first-order valence-electron chi connectivity index (χ1n) is 11.1. The number of amides is 2. The van der Waals surface area contributed by atoms with Crippen LogP contribution in [0.5, 0.6) is 0 Å². The van der Waals surface area contributed by atoms with E-state index in [1.165, 1.54) is 0 Å². The van der Waals surface area contributed by atoms with E-state index in [0.717, 1.165) is 11.4 Å². The van der Waals surface area contributed by atoms with Crippen molar-refractivity contribution >= 4 is 23.2 Å². The lowest BCUT2D eigenvalue weighted by Gasteiger charge is -2.33. The summed E-state index contributed by atoms with van der Waals surface area (Å²) in [5.74, 6) is -0.0125. The van der Waals surface area contributed by atoms with E-state index in [-0.39, 0.29) is 22.4 Å². The minimum atomic E-state index is -0.499. The zero-order valence-corrected chi connectivity index (χ0v) is 18.1. The summed E-state index contributed by atoms with van der Waals surface area (Å²) in [5.41, 5.74) is 11.4. The topological polar surface area (TPSA) is 125 Å². The van der Waals surface area contributed by atoms with Gasteiger partial charge in [0.1, 0.15) is 25.2 Å². The molecule has 2 fully saturated rings. The largest absolute Gasteiger partial charge is 0.383 e. The average molecular weight is 440 g/mol. The highest BCUT2D eigenvalue weighted by molar-refractivity contribution is 5.84. The van der Waals surface area contributed by atoms with Crippen molar-refractivity contribution in [3.05, 3.63) is 49.1 Å². The van der Waals surface area contributed by atoms with Crippen LogP contribution in [0.1, 0.15) is 12.8 Å². The third-order valence-corrected chi connectivity index (χ3v) is 6.16. The number of carbonyl (C=O) groups excluding carboxylic acids is 2. The number of rotatable bonds is 10. The van der Waals surface area contributed by atoms with Crippen LogP contribution in [0.4, 0.5) is 11.4 Å². The molecule has 0 spiro atoms. The summed E-state index contributed by atoms with van der Waals surface area (Å²) in [7, 11) is 0. The van der Waals surface area contributed by atoms with Gasteiger partial charge >= 0.3 is 5.91 Å². The Hall–Kier alpha value is -3.08. The van der Waals surface area contributed by atoms with Gasteiger partial charge in [0.25, 0.3) is 0 Å². The summed E-state index contributed by atoms with van der Waals surface area (Å²) >= 11 is 0. The molecule has 5 N–H and O–H groups in total. The molecule has 2 amide bonds. The van der Waals surface area contributed by atoms with Crippen LogP contribution in [0.3, 0.4) is 0 Å². The van der Waals surface area contributed by atoms with Crippen molar-refractivity contribution in [2.75, 3.05) is 49.9 Å². The molecule has 3 atom stereocenters. The molecule has 170 valence electrons. The van der Waals surface area contributed by atoms with Crippen LogP contribution < -0.4 is 21.8 Å². The highest BCUT2D eigenvalue weighted by Crippen LogP contribution is 2.21. The number of carbonyl (C=O) groups is 2. The summed E-state index contributed by atoms with van der Waals surface area (Å²) in [6.07, 6.45) is 8.19. The van der Waals surface area contributed by atoms with Gasteiger partial charge in [-0.3, -0.25) is 14.8 Å². The molecule has 1 unspecified atom stereocenters. The third kappa shape index (κ3) is 5.04. The molecule has 2 aromatic rings. The van der Waals surface area contributed by atoms with Gasteiger partial charge in [0, 0.05) is 62.2 Å². The van der Waals surface area contributed by atoms with E-state index in [1.807, 2.05) is 29.2 Å². The van der Waals surface area contributed by atoms with E-state index in [9.17, 15) is 9.59 Å². The van der Waals surface area contributed by atoms with E-state index in [4.69, 9.17) is 5.73 Å². The minimum absolute atomic E-state index is 0.0365. The zero-order valence-electron chi connectivity index (χ0n) is 18.1. The van der Waals surface area contributed by atoms with Gasteiger partial charge in [0.05, 0.1) is 6.54 Å². The monoisotopic (exact) mass is 439 g/mol. The van der Waals surface area contributed by atoms with Gasteiger partial charge < -0.3 is 21.3 Å². The number of aromatic nitrogens is 2. The lowest BCUT2D eigenvalue weighted by atomic mass is 10.2. The number of nitrogens with two attached hydrogens (primary N) is 1.